The summed E-state index contributed by atoms with van der Waals surface area (Å²) in [5.41, 5.74) is 15.0. The average Bonchev–Trinajstić information content (AvgIpc) is 1.54. The lowest BCUT2D eigenvalue weighted by molar-refractivity contribution is 1.12. The second kappa shape index (κ2) is 20.7. The molecular formula is C78H36N14. The lowest BCUT2D eigenvalue weighted by Gasteiger charge is -2.19. The number of nitrogens with zero attached hydrogens (tertiary/aromatic N) is 14. The van der Waals surface area contributed by atoms with Crippen molar-refractivity contribution in [2.24, 2.45) is 0 Å². The Bertz CT molecular complexity index is 6290. The molecule has 6 aromatic heterocycles. The molecule has 16 aromatic rings. The summed E-state index contributed by atoms with van der Waals surface area (Å²) in [6.07, 6.45) is 6.83. The fraction of sp³-hybridized carbons (Fsp3) is 0. The van der Waals surface area contributed by atoms with Crippen molar-refractivity contribution in [3.05, 3.63) is 263 Å². The topological polar surface area (TPSA) is 236 Å². The first kappa shape index (κ1) is 53.1. The summed E-state index contributed by atoms with van der Waals surface area (Å²) < 4.78 is 8.00. The summed E-state index contributed by atoms with van der Waals surface area (Å²) >= 11 is 0. The molecule has 0 N–H and O–H groups in total. The Morgan fingerprint density at radius 3 is 1.03 bits per heavy atom. The van der Waals surface area contributed by atoms with Crippen LogP contribution in [-0.4, -0.2) is 28.2 Å². The maximum atomic E-state index is 11.7. The van der Waals surface area contributed by atoms with Crippen LogP contribution in [0.2, 0.25) is 0 Å². The quantitative estimate of drug-likeness (QED) is 0.146. The molecule has 0 aliphatic carbocycles. The van der Waals surface area contributed by atoms with Gasteiger partial charge in [-0.1, -0.05) is 42.5 Å². The van der Waals surface area contributed by atoms with Gasteiger partial charge in [0.1, 0.15) is 23.3 Å². The van der Waals surface area contributed by atoms with Crippen LogP contribution in [0.4, 0.5) is 0 Å². The van der Waals surface area contributed by atoms with Gasteiger partial charge in [0.2, 0.25) is 0 Å². The zero-order valence-corrected chi connectivity index (χ0v) is 48.0. The molecule has 418 valence electrons. The van der Waals surface area contributed by atoms with Crippen LogP contribution in [0.25, 0.3) is 143 Å². The molecule has 0 radical (unpaired) electrons. The van der Waals surface area contributed by atoms with Crippen LogP contribution in [0, 0.1) is 90.6 Å². The van der Waals surface area contributed by atoms with Gasteiger partial charge in [-0.05, 0) is 179 Å². The third-order valence-electron chi connectivity index (χ3n) is 17.6. The summed E-state index contributed by atoms with van der Waals surface area (Å²) in [7, 11) is 0. The van der Waals surface area contributed by atoms with Gasteiger partial charge < -0.3 is 18.3 Å². The van der Waals surface area contributed by atoms with E-state index in [2.05, 4.69) is 67.7 Å². The Balaban J connectivity index is 0.951. The van der Waals surface area contributed by atoms with Gasteiger partial charge in [-0.15, -0.1) is 0 Å². The molecule has 0 saturated carbocycles. The summed E-state index contributed by atoms with van der Waals surface area (Å²) in [6.45, 7) is 0. The molecule has 0 spiro atoms. The Morgan fingerprint density at radius 1 is 0.239 bits per heavy atom. The highest BCUT2D eigenvalue weighted by Crippen LogP contribution is 2.46. The van der Waals surface area contributed by atoms with E-state index in [0.717, 1.165) is 81.8 Å². The fourth-order valence-electron chi connectivity index (χ4n) is 13.5. The van der Waals surface area contributed by atoms with Crippen molar-refractivity contribution in [3.8, 4) is 105 Å². The molecule has 0 amide bonds. The largest absolute Gasteiger partial charge is 0.308 e. The van der Waals surface area contributed by atoms with Crippen LogP contribution in [0.3, 0.4) is 0 Å². The first-order valence-electron chi connectivity index (χ1n) is 29.0. The van der Waals surface area contributed by atoms with E-state index in [9.17, 15) is 42.1 Å². The van der Waals surface area contributed by atoms with Crippen LogP contribution in [0.15, 0.2) is 219 Å². The minimum absolute atomic E-state index is 0.232. The van der Waals surface area contributed by atoms with Crippen molar-refractivity contribution in [1.82, 2.24) is 28.2 Å². The van der Waals surface area contributed by atoms with Crippen LogP contribution in [-0.2, 0) is 0 Å². The zero-order valence-electron chi connectivity index (χ0n) is 48.0. The van der Waals surface area contributed by atoms with E-state index in [0.29, 0.717) is 100 Å². The molecule has 92 heavy (non-hydrogen) atoms. The third kappa shape index (κ3) is 7.92. The van der Waals surface area contributed by atoms with Crippen molar-refractivity contribution in [1.29, 1.82) is 42.1 Å². The maximum absolute atomic E-state index is 11.7. The molecule has 0 bridgehead atoms. The van der Waals surface area contributed by atoms with Gasteiger partial charge in [0.05, 0.1) is 137 Å². The molecule has 6 heterocycles. The van der Waals surface area contributed by atoms with Crippen LogP contribution < -0.4 is 0 Å². The van der Waals surface area contributed by atoms with Gasteiger partial charge >= 0.3 is 0 Å². The number of pyridine rings is 2. The van der Waals surface area contributed by atoms with Gasteiger partial charge in [0, 0.05) is 73.4 Å². The molecule has 14 heteroatoms. The normalized spacial score (nSPS) is 11.2. The summed E-state index contributed by atoms with van der Waals surface area (Å²) in [4.78, 5) is 8.63. The fourth-order valence-corrected chi connectivity index (χ4v) is 13.5. The number of fused-ring (bicyclic) bond motifs is 12. The average molecular weight is 1170 g/mol. The smallest absolute Gasteiger partial charge is 0.104 e. The maximum Gasteiger partial charge on any atom is 0.104 e. The number of hydrogen-bond donors (Lipinski definition) is 0. The number of hydrogen-bond acceptors (Lipinski definition) is 10. The second-order valence-electron chi connectivity index (χ2n) is 22.3. The Morgan fingerprint density at radius 2 is 0.587 bits per heavy atom. The Hall–Kier alpha value is -14.4. The molecule has 10 aromatic carbocycles. The second-order valence-corrected chi connectivity index (χ2v) is 22.3. The van der Waals surface area contributed by atoms with E-state index < -0.39 is 0 Å². The van der Waals surface area contributed by atoms with Gasteiger partial charge in [0.25, 0.3) is 0 Å². The molecule has 14 nitrogen and oxygen atoms in total. The summed E-state index contributed by atoms with van der Waals surface area (Å²) in [6, 6.07) is 79.6. The minimum atomic E-state index is 0.232. The van der Waals surface area contributed by atoms with Gasteiger partial charge in [-0.2, -0.15) is 42.1 Å². The highest BCUT2D eigenvalue weighted by atomic mass is 15.0. The summed E-state index contributed by atoms with van der Waals surface area (Å²) in [5, 5.41) is 92.5. The number of benzene rings is 10. The van der Waals surface area contributed by atoms with Gasteiger partial charge in [0.15, 0.2) is 0 Å². The SMILES string of the molecule is N#Cc1ccc2c(c1)c1ccccc1n2-c1cc(-c2ccncc2)cc(-n2c3ccc(C#N)cc3c3cc(-c4cc5c6ccc(C#N)cc6n(-c6cc(-c7ccncc7)cc(-n7c8cc(C#N)ccc8c8ccc(C#N)cc87)c6C#N)c5cc4C#N)ccc32)c1C#N. The molecule has 16 rings (SSSR count). The van der Waals surface area contributed by atoms with Crippen LogP contribution >= 0.6 is 0 Å². The molecule has 0 aliphatic rings. The Labute approximate surface area is 522 Å². The third-order valence-corrected chi connectivity index (χ3v) is 17.6. The molecule has 0 unspecified atom stereocenters. The van der Waals surface area contributed by atoms with Gasteiger partial charge in [-0.25, -0.2) is 0 Å². The lowest BCUT2D eigenvalue weighted by atomic mass is 9.96. The number of rotatable bonds is 7. The highest BCUT2D eigenvalue weighted by molar-refractivity contribution is 6.16. The van der Waals surface area contributed by atoms with E-state index in [4.69, 9.17) is 0 Å². The van der Waals surface area contributed by atoms with E-state index in [1.54, 1.807) is 73.3 Å². The molecule has 0 fully saturated rings. The first-order chi connectivity index (χ1) is 45.2. The molecular weight excluding hydrogens is 1130 g/mol. The molecule has 0 aliphatic heterocycles. The van der Waals surface area contributed by atoms with Crippen molar-refractivity contribution >= 4 is 87.2 Å². The van der Waals surface area contributed by atoms with Crippen molar-refractivity contribution in [2.45, 2.75) is 0 Å². The van der Waals surface area contributed by atoms with E-state index in [1.165, 1.54) is 0 Å². The predicted octanol–water partition coefficient (Wildman–Crippen LogP) is 16.8. The standard InChI is InChI=1S/C78H36N14/c79-37-45-8-14-68-61(25-45)56-3-1-2-4-67(56)89(68)75-31-53(50-17-21-87-22-18-50)32-76(65(75)43-85)90-69-15-9-46(38-80)26-62(69)63-30-52(10-16-70(63)90)60-36-64-59-13-7-49(41-83)29-73(59)92(74(64)35-55(60)42-84)78-34-54(51-19-23-88-24-20-51)33-77(66(78)44-86)91-71-27-47(39-81)5-11-57(71)58-12-6-48(40-82)28-72(58)91/h1-36H. The first-order valence-corrected chi connectivity index (χ1v) is 29.0. The number of para-hydroxylation sites is 1. The van der Waals surface area contributed by atoms with Gasteiger partial charge in [-0.3, -0.25) is 9.97 Å². The lowest BCUT2D eigenvalue weighted by Crippen LogP contribution is -2.05. The monoisotopic (exact) mass is 1170 g/mol. The zero-order chi connectivity index (χ0) is 62.5. The van der Waals surface area contributed by atoms with Crippen molar-refractivity contribution in [2.75, 3.05) is 0 Å². The van der Waals surface area contributed by atoms with Crippen molar-refractivity contribution in [3.63, 3.8) is 0 Å². The highest BCUT2D eigenvalue weighted by Gasteiger charge is 2.27. The Kier molecular flexibility index (Phi) is 11.9. The summed E-state index contributed by atoms with van der Waals surface area (Å²) in [5.74, 6) is 0. The predicted molar refractivity (Wildman–Crippen MR) is 353 cm³/mol. The molecule has 0 atom stereocenters. The van der Waals surface area contributed by atoms with E-state index in [-0.39, 0.29) is 5.56 Å². The van der Waals surface area contributed by atoms with E-state index in [1.807, 2.05) is 155 Å². The molecule has 0 saturated heterocycles. The van der Waals surface area contributed by atoms with Crippen LogP contribution in [0.5, 0.6) is 0 Å². The van der Waals surface area contributed by atoms with Crippen molar-refractivity contribution < 1.29 is 0 Å². The minimum Gasteiger partial charge on any atom is -0.308 e. The van der Waals surface area contributed by atoms with Crippen LogP contribution in [0.1, 0.15) is 44.5 Å². The number of nitriles is 8. The number of aromatic nitrogens is 6. The van der Waals surface area contributed by atoms with E-state index >= 15 is 0 Å².